The zero-order valence-corrected chi connectivity index (χ0v) is 20.3. The minimum atomic E-state index is -0.515. The molecule has 0 aromatic heterocycles. The van der Waals surface area contributed by atoms with Gasteiger partial charge in [-0.05, 0) is 90.0 Å². The second-order valence-electron chi connectivity index (χ2n) is 7.32. The highest BCUT2D eigenvalue weighted by Gasteiger charge is 2.24. The van der Waals surface area contributed by atoms with E-state index in [4.69, 9.17) is 14.2 Å². The second-order valence-corrected chi connectivity index (χ2v) is 8.48. The molecule has 0 saturated carbocycles. The maximum Gasteiger partial charge on any atom is 0.363 e. The standard InChI is InChI=1S/C26H21FINO4/c1-3-31-24-14-17(8-11-23(24)32-15-19-6-4-5-7-20(19)27)13-22-26(30)33-25(29-22)18-9-10-21(28)16(2)12-18/h4-14H,3,15H2,1-2H3/b22-13-. The molecular weight excluding hydrogens is 536 g/mol. The fourth-order valence-corrected chi connectivity index (χ4v) is 3.58. The van der Waals surface area contributed by atoms with Gasteiger partial charge in [0.15, 0.2) is 17.2 Å². The average Bonchev–Trinajstić information content (AvgIpc) is 3.16. The van der Waals surface area contributed by atoms with E-state index in [2.05, 4.69) is 27.6 Å². The maximum absolute atomic E-state index is 13.9. The molecule has 0 amide bonds. The number of rotatable bonds is 7. The van der Waals surface area contributed by atoms with Gasteiger partial charge in [0, 0.05) is 14.7 Å². The smallest absolute Gasteiger partial charge is 0.363 e. The Morgan fingerprint density at radius 1 is 1.06 bits per heavy atom. The van der Waals surface area contributed by atoms with Gasteiger partial charge in [-0.1, -0.05) is 24.3 Å². The lowest BCUT2D eigenvalue weighted by molar-refractivity contribution is -0.129. The van der Waals surface area contributed by atoms with E-state index < -0.39 is 5.97 Å². The van der Waals surface area contributed by atoms with Gasteiger partial charge in [0.25, 0.3) is 0 Å². The van der Waals surface area contributed by atoms with Gasteiger partial charge in [0.05, 0.1) is 6.61 Å². The lowest BCUT2D eigenvalue weighted by atomic mass is 10.1. The Bertz CT molecular complexity index is 1270. The Labute approximate surface area is 205 Å². The molecule has 0 spiro atoms. The largest absolute Gasteiger partial charge is 0.490 e. The Kier molecular flexibility index (Phi) is 7.08. The summed E-state index contributed by atoms with van der Waals surface area (Å²) in [4.78, 5) is 16.8. The summed E-state index contributed by atoms with van der Waals surface area (Å²) >= 11 is 2.25. The number of hydrogen-bond acceptors (Lipinski definition) is 5. The predicted octanol–water partition coefficient (Wildman–Crippen LogP) is 6.06. The third-order valence-electron chi connectivity index (χ3n) is 4.94. The molecule has 0 N–H and O–H groups in total. The summed E-state index contributed by atoms with van der Waals surface area (Å²) in [7, 11) is 0. The van der Waals surface area contributed by atoms with E-state index in [1.54, 1.807) is 42.5 Å². The molecule has 0 saturated heterocycles. The highest BCUT2D eigenvalue weighted by Crippen LogP contribution is 2.31. The van der Waals surface area contributed by atoms with E-state index in [9.17, 15) is 9.18 Å². The Balaban J connectivity index is 1.57. The van der Waals surface area contributed by atoms with E-state index in [0.29, 0.717) is 29.2 Å². The molecule has 3 aromatic rings. The third kappa shape index (κ3) is 5.42. The van der Waals surface area contributed by atoms with Gasteiger partial charge in [-0.15, -0.1) is 0 Å². The molecule has 33 heavy (non-hydrogen) atoms. The van der Waals surface area contributed by atoms with Crippen molar-refractivity contribution in [1.29, 1.82) is 0 Å². The predicted molar refractivity (Wildman–Crippen MR) is 133 cm³/mol. The van der Waals surface area contributed by atoms with Crippen molar-refractivity contribution in [1.82, 2.24) is 0 Å². The van der Waals surface area contributed by atoms with Gasteiger partial charge >= 0.3 is 5.97 Å². The van der Waals surface area contributed by atoms with Crippen LogP contribution in [0, 0.1) is 16.3 Å². The SMILES string of the molecule is CCOc1cc(/C=C2\N=C(c3ccc(I)c(C)c3)OC2=O)ccc1OCc1ccccc1F. The van der Waals surface area contributed by atoms with Crippen molar-refractivity contribution in [3.05, 3.63) is 98.0 Å². The fourth-order valence-electron chi connectivity index (χ4n) is 3.24. The first-order valence-electron chi connectivity index (χ1n) is 10.4. The summed E-state index contributed by atoms with van der Waals surface area (Å²) in [6.07, 6.45) is 1.64. The molecule has 0 unspecified atom stereocenters. The van der Waals surface area contributed by atoms with E-state index >= 15 is 0 Å². The van der Waals surface area contributed by atoms with Gasteiger partial charge in [-0.3, -0.25) is 0 Å². The van der Waals surface area contributed by atoms with Crippen LogP contribution in [0.2, 0.25) is 0 Å². The molecule has 1 aliphatic rings. The Hall–Kier alpha value is -3.20. The molecule has 5 nitrogen and oxygen atoms in total. The van der Waals surface area contributed by atoms with Crippen molar-refractivity contribution in [2.75, 3.05) is 6.61 Å². The molecule has 7 heteroatoms. The van der Waals surface area contributed by atoms with Crippen LogP contribution in [0.15, 0.2) is 71.4 Å². The quantitative estimate of drug-likeness (QED) is 0.201. The molecule has 0 bridgehead atoms. The van der Waals surface area contributed by atoms with E-state index in [0.717, 1.165) is 14.7 Å². The lowest BCUT2D eigenvalue weighted by Gasteiger charge is -2.13. The van der Waals surface area contributed by atoms with E-state index in [1.165, 1.54) is 6.07 Å². The van der Waals surface area contributed by atoms with Crippen LogP contribution < -0.4 is 9.47 Å². The number of aryl methyl sites for hydroxylation is 1. The van der Waals surface area contributed by atoms with Gasteiger partial charge < -0.3 is 14.2 Å². The van der Waals surface area contributed by atoms with Crippen LogP contribution in [0.5, 0.6) is 11.5 Å². The Morgan fingerprint density at radius 2 is 1.88 bits per heavy atom. The third-order valence-corrected chi connectivity index (χ3v) is 6.15. The first-order chi connectivity index (χ1) is 15.9. The number of aliphatic imine (C=N–C) groups is 1. The number of ether oxygens (including phenoxy) is 3. The molecule has 0 aliphatic carbocycles. The van der Waals surface area contributed by atoms with Crippen LogP contribution in [0.1, 0.15) is 29.2 Å². The maximum atomic E-state index is 13.9. The van der Waals surface area contributed by atoms with Gasteiger partial charge in [-0.25, -0.2) is 14.2 Å². The molecule has 0 fully saturated rings. The minimum Gasteiger partial charge on any atom is -0.490 e. The van der Waals surface area contributed by atoms with E-state index in [-0.39, 0.29) is 24.0 Å². The number of cyclic esters (lactones) is 1. The summed E-state index contributed by atoms with van der Waals surface area (Å²) < 4.78 is 31.9. The molecule has 1 aliphatic heterocycles. The molecule has 0 radical (unpaired) electrons. The summed E-state index contributed by atoms with van der Waals surface area (Å²) in [6.45, 7) is 4.35. The normalized spacial score (nSPS) is 14.2. The molecule has 1 heterocycles. The number of benzene rings is 3. The van der Waals surface area contributed by atoms with Crippen molar-refractivity contribution < 1.29 is 23.4 Å². The van der Waals surface area contributed by atoms with Crippen molar-refractivity contribution in [3.63, 3.8) is 0 Å². The van der Waals surface area contributed by atoms with Crippen LogP contribution in [0.4, 0.5) is 4.39 Å². The molecule has 168 valence electrons. The number of carbonyl (C=O) groups excluding carboxylic acids is 1. The second kappa shape index (κ2) is 10.2. The topological polar surface area (TPSA) is 57.1 Å². The zero-order chi connectivity index (χ0) is 23.4. The van der Waals surface area contributed by atoms with Crippen molar-refractivity contribution in [3.8, 4) is 11.5 Å². The number of hydrogen-bond donors (Lipinski definition) is 0. The monoisotopic (exact) mass is 557 g/mol. The number of esters is 1. The minimum absolute atomic E-state index is 0.0720. The highest BCUT2D eigenvalue weighted by molar-refractivity contribution is 14.1. The van der Waals surface area contributed by atoms with Gasteiger partial charge in [0.1, 0.15) is 12.4 Å². The highest BCUT2D eigenvalue weighted by atomic mass is 127. The van der Waals surface area contributed by atoms with Crippen molar-refractivity contribution >= 4 is 40.5 Å². The van der Waals surface area contributed by atoms with Crippen molar-refractivity contribution in [2.24, 2.45) is 4.99 Å². The van der Waals surface area contributed by atoms with Crippen LogP contribution in [0.3, 0.4) is 0 Å². The average molecular weight is 557 g/mol. The molecule has 3 aromatic carbocycles. The zero-order valence-electron chi connectivity index (χ0n) is 18.1. The Morgan fingerprint density at radius 3 is 2.64 bits per heavy atom. The van der Waals surface area contributed by atoms with Crippen LogP contribution in [-0.2, 0) is 16.1 Å². The van der Waals surface area contributed by atoms with Gasteiger partial charge in [0.2, 0.25) is 5.90 Å². The number of carbonyl (C=O) groups is 1. The number of halogens is 2. The van der Waals surface area contributed by atoms with Crippen LogP contribution in [-0.4, -0.2) is 18.5 Å². The van der Waals surface area contributed by atoms with Crippen LogP contribution >= 0.6 is 22.6 Å². The molecule has 4 rings (SSSR count). The number of nitrogens with zero attached hydrogens (tertiary/aromatic N) is 1. The summed E-state index contributed by atoms with van der Waals surface area (Å²) in [5.41, 5.74) is 3.18. The molecular formula is C26H21FINO4. The lowest BCUT2D eigenvalue weighted by Crippen LogP contribution is -2.05. The summed E-state index contributed by atoms with van der Waals surface area (Å²) in [5.74, 6) is 0.412. The first-order valence-corrected chi connectivity index (χ1v) is 11.4. The van der Waals surface area contributed by atoms with Crippen molar-refractivity contribution in [2.45, 2.75) is 20.5 Å². The fraction of sp³-hybridized carbons (Fsp3) is 0.154. The first kappa shape index (κ1) is 23.0. The van der Waals surface area contributed by atoms with E-state index in [1.807, 2.05) is 32.0 Å². The summed E-state index contributed by atoms with van der Waals surface area (Å²) in [6, 6.07) is 17.5. The summed E-state index contributed by atoms with van der Waals surface area (Å²) in [5, 5.41) is 0. The molecule has 0 atom stereocenters. The van der Waals surface area contributed by atoms with Gasteiger partial charge in [-0.2, -0.15) is 0 Å². The van der Waals surface area contributed by atoms with Crippen LogP contribution in [0.25, 0.3) is 6.08 Å².